The van der Waals surface area contributed by atoms with Gasteiger partial charge in [0.05, 0.1) is 28.5 Å². The number of benzene rings is 3. The molecule has 50 heavy (non-hydrogen) atoms. The van der Waals surface area contributed by atoms with Crippen molar-refractivity contribution in [3.63, 3.8) is 0 Å². The van der Waals surface area contributed by atoms with Gasteiger partial charge in [0.25, 0.3) is 0 Å². The van der Waals surface area contributed by atoms with Crippen LogP contribution in [0.1, 0.15) is 69.2 Å². The highest BCUT2D eigenvalue weighted by molar-refractivity contribution is 7.99. The van der Waals surface area contributed by atoms with Crippen molar-refractivity contribution in [1.29, 1.82) is 0 Å². The van der Waals surface area contributed by atoms with E-state index in [4.69, 9.17) is 14.9 Å². The molecule has 0 aliphatic carbocycles. The number of nitrogens with two attached hydrogens (primary N) is 1. The normalized spacial score (nSPS) is 20.7. The van der Waals surface area contributed by atoms with Gasteiger partial charge in [0.15, 0.2) is 17.5 Å². The van der Waals surface area contributed by atoms with E-state index in [2.05, 4.69) is 23.8 Å². The predicted octanol–water partition coefficient (Wildman–Crippen LogP) is 9.11. The number of carboxylic acid groups (broad SMARTS) is 1. The topological polar surface area (TPSA) is 113 Å². The van der Waals surface area contributed by atoms with Crippen LogP contribution in [0, 0.1) is 28.8 Å². The lowest BCUT2D eigenvalue weighted by molar-refractivity contribution is -0.141. The number of H-pyrrole nitrogens is 1. The third kappa shape index (κ3) is 8.24. The number of nitrogens with zero attached hydrogens (tertiary/aromatic N) is 2. The minimum absolute atomic E-state index is 0.0559. The Morgan fingerprint density at radius 3 is 2.64 bits per heavy atom. The molecule has 0 saturated carbocycles. The van der Waals surface area contributed by atoms with Crippen molar-refractivity contribution in [2.45, 2.75) is 75.0 Å². The summed E-state index contributed by atoms with van der Waals surface area (Å²) >= 11 is 2.36. The molecular weight excluding hydrogens is 682 g/mol. The molecular formula is C38H43F3N4O3S2. The molecule has 1 aromatic heterocycles. The molecule has 0 saturated heterocycles. The lowest BCUT2D eigenvalue weighted by Crippen LogP contribution is -2.40. The number of hydrogen-bond acceptors (Lipinski definition) is 6. The molecule has 2 heterocycles. The lowest BCUT2D eigenvalue weighted by Gasteiger charge is -2.32. The summed E-state index contributed by atoms with van der Waals surface area (Å²) in [4.78, 5) is 24.0. The zero-order valence-electron chi connectivity index (χ0n) is 28.9. The highest BCUT2D eigenvalue weighted by Gasteiger charge is 2.33. The second-order valence-electron chi connectivity index (χ2n) is 13.8. The SMILES string of the molecule is CN=C1N=C(N)[C@@](C)(c2cccc(CC(C)C(=O)O)c2)CCCC(C)(C)CSOCCc2c(c(F)c(F)c3[nH]ccc23)Sc2ccc(F)c1c2. The van der Waals surface area contributed by atoms with E-state index in [9.17, 15) is 9.90 Å². The fourth-order valence-corrected chi connectivity index (χ4v) is 8.06. The number of carboxylic acids is 1. The zero-order valence-corrected chi connectivity index (χ0v) is 30.5. The molecule has 0 fully saturated rings. The average Bonchev–Trinajstić information content (AvgIpc) is 3.57. The smallest absolute Gasteiger partial charge is 0.306 e. The van der Waals surface area contributed by atoms with Crippen LogP contribution in [0.2, 0.25) is 0 Å². The van der Waals surface area contributed by atoms with Gasteiger partial charge < -0.3 is 20.0 Å². The van der Waals surface area contributed by atoms with Gasteiger partial charge in [0.1, 0.15) is 11.7 Å². The first-order chi connectivity index (χ1) is 23.7. The maximum atomic E-state index is 15.7. The lowest BCUT2D eigenvalue weighted by atomic mass is 9.74. The summed E-state index contributed by atoms with van der Waals surface area (Å²) in [6.07, 6.45) is 4.48. The Labute approximate surface area is 299 Å². The Morgan fingerprint density at radius 1 is 1.12 bits per heavy atom. The largest absolute Gasteiger partial charge is 0.481 e. The van der Waals surface area contributed by atoms with Gasteiger partial charge in [-0.15, -0.1) is 0 Å². The molecule has 266 valence electrons. The molecule has 12 heteroatoms. The molecule has 1 unspecified atom stereocenters. The fraction of sp³-hybridized carbons (Fsp3) is 0.395. The van der Waals surface area contributed by atoms with E-state index in [1.165, 1.54) is 37.3 Å². The number of halogens is 3. The van der Waals surface area contributed by atoms with Gasteiger partial charge >= 0.3 is 5.97 Å². The number of aromatic amines is 1. The third-order valence-corrected chi connectivity index (χ3v) is 11.7. The number of hydrogen-bond donors (Lipinski definition) is 3. The molecule has 0 amide bonds. The number of carbonyl (C=O) groups is 1. The van der Waals surface area contributed by atoms with Crippen LogP contribution < -0.4 is 5.73 Å². The summed E-state index contributed by atoms with van der Waals surface area (Å²) in [5, 5.41) is 10.1. The summed E-state index contributed by atoms with van der Waals surface area (Å²) in [6, 6.07) is 13.7. The van der Waals surface area contributed by atoms with E-state index in [-0.39, 0.29) is 39.7 Å². The van der Waals surface area contributed by atoms with E-state index in [0.717, 1.165) is 35.7 Å². The number of amidine groups is 2. The van der Waals surface area contributed by atoms with E-state index in [1.807, 2.05) is 31.2 Å². The fourth-order valence-electron chi connectivity index (χ4n) is 6.25. The Morgan fingerprint density at radius 2 is 1.90 bits per heavy atom. The number of nitrogens with one attached hydrogen (secondary N) is 1. The number of aliphatic carboxylic acids is 1. The molecule has 2 atom stereocenters. The van der Waals surface area contributed by atoms with Crippen molar-refractivity contribution in [3.05, 3.63) is 94.4 Å². The second-order valence-corrected chi connectivity index (χ2v) is 15.7. The van der Waals surface area contributed by atoms with Crippen molar-refractivity contribution in [3.8, 4) is 0 Å². The Hall–Kier alpha value is -3.74. The van der Waals surface area contributed by atoms with Gasteiger partial charge in [-0.2, -0.15) is 0 Å². The molecule has 4 aromatic rings. The minimum Gasteiger partial charge on any atom is -0.481 e. The summed E-state index contributed by atoms with van der Waals surface area (Å²) in [6.45, 7) is 8.27. The van der Waals surface area contributed by atoms with Gasteiger partial charge in [0, 0.05) is 34.7 Å². The van der Waals surface area contributed by atoms with Crippen LogP contribution in [0.3, 0.4) is 0 Å². The number of fused-ring (bicyclic) bond motifs is 5. The van der Waals surface area contributed by atoms with Gasteiger partial charge in [-0.05, 0) is 91.0 Å². The van der Waals surface area contributed by atoms with Crippen LogP contribution >= 0.6 is 23.8 Å². The first kappa shape index (κ1) is 37.5. The zero-order chi connectivity index (χ0) is 36.2. The summed E-state index contributed by atoms with van der Waals surface area (Å²) < 4.78 is 52.5. The molecule has 2 bridgehead atoms. The molecule has 3 aromatic carbocycles. The van der Waals surface area contributed by atoms with Crippen LogP contribution in [-0.4, -0.2) is 47.1 Å². The van der Waals surface area contributed by atoms with Gasteiger partial charge in [-0.25, -0.2) is 18.2 Å². The van der Waals surface area contributed by atoms with Gasteiger partial charge in [0.2, 0.25) is 0 Å². The maximum Gasteiger partial charge on any atom is 0.306 e. The summed E-state index contributed by atoms with van der Waals surface area (Å²) in [5.74, 6) is -3.04. The average molecular weight is 725 g/mol. The number of aromatic nitrogens is 1. The van der Waals surface area contributed by atoms with Crippen molar-refractivity contribution < 1.29 is 27.3 Å². The van der Waals surface area contributed by atoms with Crippen LogP contribution in [0.15, 0.2) is 74.5 Å². The molecule has 1 aliphatic heterocycles. The molecule has 0 spiro atoms. The quantitative estimate of drug-likeness (QED) is 0.181. The Balaban J connectivity index is 1.62. The summed E-state index contributed by atoms with van der Waals surface area (Å²) in [5.41, 5.74) is 8.41. The highest BCUT2D eigenvalue weighted by atomic mass is 32.2. The monoisotopic (exact) mass is 724 g/mol. The minimum atomic E-state index is -0.993. The first-order valence-corrected chi connectivity index (χ1v) is 18.3. The molecule has 4 N–H and O–H groups in total. The standard InChI is InChI=1S/C38H43F3N4O3S2/c1-22(35(46)47)18-23-8-6-9-24(19-23)38(4)15-7-14-37(2,3)21-49-48-17-13-27-26-12-16-44-32(26)30(40)31(41)33(27)50-25-10-11-29(39)28(20-25)34(43-5)45-36(38)42/h6,8-12,16,19-20,22,44H,7,13-15,17-18,21H2,1-5H3,(H,46,47)(H2,42,43,45)/t22?,38-/m1/s1. The van der Waals surface area contributed by atoms with Crippen LogP contribution in [0.5, 0.6) is 0 Å². The molecule has 5 rings (SSSR count). The predicted molar refractivity (Wildman–Crippen MR) is 197 cm³/mol. The second kappa shape index (κ2) is 15.7. The Bertz CT molecular complexity index is 1940. The molecule has 1 aliphatic rings. The van der Waals surface area contributed by atoms with Crippen molar-refractivity contribution in [2.75, 3.05) is 19.4 Å². The number of rotatable bonds is 4. The van der Waals surface area contributed by atoms with Crippen molar-refractivity contribution in [2.24, 2.45) is 27.1 Å². The van der Waals surface area contributed by atoms with Crippen LogP contribution in [0.25, 0.3) is 10.9 Å². The number of aliphatic imine (C=N–C) groups is 2. The molecule has 7 nitrogen and oxygen atoms in total. The van der Waals surface area contributed by atoms with E-state index < -0.39 is 34.8 Å². The van der Waals surface area contributed by atoms with Gasteiger partial charge in [-0.3, -0.25) is 9.79 Å². The van der Waals surface area contributed by atoms with E-state index in [1.54, 1.807) is 19.2 Å². The van der Waals surface area contributed by atoms with Crippen molar-refractivity contribution >= 4 is 52.3 Å². The van der Waals surface area contributed by atoms with E-state index in [0.29, 0.717) is 40.9 Å². The third-order valence-electron chi connectivity index (χ3n) is 9.39. The molecule has 0 radical (unpaired) electrons. The summed E-state index contributed by atoms with van der Waals surface area (Å²) in [7, 11) is 1.50. The van der Waals surface area contributed by atoms with Crippen molar-refractivity contribution in [1.82, 2.24) is 4.98 Å². The van der Waals surface area contributed by atoms with Crippen LogP contribution in [-0.2, 0) is 27.2 Å². The Kier molecular flexibility index (Phi) is 11.7. The maximum absolute atomic E-state index is 15.7. The first-order valence-electron chi connectivity index (χ1n) is 16.6. The van der Waals surface area contributed by atoms with Crippen LogP contribution in [0.4, 0.5) is 13.2 Å². The van der Waals surface area contributed by atoms with E-state index >= 15 is 13.2 Å². The highest BCUT2D eigenvalue weighted by Crippen LogP contribution is 2.40. The van der Waals surface area contributed by atoms with Gasteiger partial charge in [-0.1, -0.05) is 63.2 Å².